The molecule has 0 bridgehead atoms. The number of nitrogens with zero attached hydrogens (tertiary/aromatic N) is 1. The molecule has 1 heterocycles. The summed E-state index contributed by atoms with van der Waals surface area (Å²) in [5.41, 5.74) is -0.312. The van der Waals surface area contributed by atoms with E-state index >= 15 is 0 Å². The van der Waals surface area contributed by atoms with Crippen molar-refractivity contribution in [1.29, 1.82) is 0 Å². The minimum Gasteiger partial charge on any atom is -0.355 e. The van der Waals surface area contributed by atoms with E-state index in [0.29, 0.717) is 13.1 Å². The molecule has 104 valence electrons. The van der Waals surface area contributed by atoms with Crippen LogP contribution < -0.4 is 10.6 Å². The molecule has 5 nitrogen and oxygen atoms in total. The lowest BCUT2D eigenvalue weighted by Gasteiger charge is -2.36. The Bertz CT molecular complexity index is 299. The molecule has 0 radical (unpaired) electrons. The van der Waals surface area contributed by atoms with Crippen LogP contribution in [0.3, 0.4) is 0 Å². The summed E-state index contributed by atoms with van der Waals surface area (Å²) in [6.45, 7) is 8.92. The third kappa shape index (κ3) is 3.70. The van der Waals surface area contributed by atoms with E-state index in [0.717, 1.165) is 25.9 Å². The van der Waals surface area contributed by atoms with Crippen molar-refractivity contribution in [2.75, 3.05) is 32.7 Å². The molecule has 0 aliphatic carbocycles. The Morgan fingerprint density at radius 3 is 2.39 bits per heavy atom. The second-order valence-corrected chi connectivity index (χ2v) is 5.08. The van der Waals surface area contributed by atoms with E-state index in [1.807, 2.05) is 20.8 Å². The van der Waals surface area contributed by atoms with Gasteiger partial charge in [-0.15, -0.1) is 0 Å². The minimum absolute atomic E-state index is 0.0785. The average molecular weight is 255 g/mol. The molecule has 2 amide bonds. The number of hydrogen-bond acceptors (Lipinski definition) is 3. The zero-order valence-electron chi connectivity index (χ0n) is 11.7. The Balaban J connectivity index is 2.63. The van der Waals surface area contributed by atoms with E-state index in [-0.39, 0.29) is 23.8 Å². The largest absolute Gasteiger partial charge is 0.355 e. The molecule has 0 saturated carbocycles. The van der Waals surface area contributed by atoms with Crippen LogP contribution in [0.25, 0.3) is 0 Å². The molecule has 1 rings (SSSR count). The van der Waals surface area contributed by atoms with E-state index < -0.39 is 0 Å². The van der Waals surface area contributed by atoms with Crippen molar-refractivity contribution in [2.24, 2.45) is 5.41 Å². The van der Waals surface area contributed by atoms with Crippen LogP contribution in [0.15, 0.2) is 0 Å². The number of carbonyl (C=O) groups is 2. The Morgan fingerprint density at radius 2 is 1.89 bits per heavy atom. The van der Waals surface area contributed by atoms with Crippen LogP contribution >= 0.6 is 0 Å². The first-order valence-corrected chi connectivity index (χ1v) is 6.80. The van der Waals surface area contributed by atoms with Crippen LogP contribution in [-0.4, -0.2) is 49.4 Å². The van der Waals surface area contributed by atoms with Crippen molar-refractivity contribution in [3.8, 4) is 0 Å². The number of carbonyl (C=O) groups excluding carboxylic acids is 2. The standard InChI is InChI=1S/C13H25N3O2/c1-4-15-11(17)10-16(5-2)12(18)13(3)6-8-14-9-7-13/h14H,4-10H2,1-3H3,(H,15,17). The van der Waals surface area contributed by atoms with Gasteiger partial charge < -0.3 is 15.5 Å². The molecule has 0 spiro atoms. The van der Waals surface area contributed by atoms with Gasteiger partial charge in [0, 0.05) is 18.5 Å². The van der Waals surface area contributed by atoms with Crippen LogP contribution in [0.2, 0.25) is 0 Å². The molecule has 1 saturated heterocycles. The summed E-state index contributed by atoms with van der Waals surface area (Å²) in [5, 5.41) is 6.00. The van der Waals surface area contributed by atoms with Crippen molar-refractivity contribution in [3.63, 3.8) is 0 Å². The average Bonchev–Trinajstić information content (AvgIpc) is 2.36. The first-order valence-electron chi connectivity index (χ1n) is 6.80. The smallest absolute Gasteiger partial charge is 0.239 e. The van der Waals surface area contributed by atoms with E-state index in [9.17, 15) is 9.59 Å². The van der Waals surface area contributed by atoms with E-state index in [4.69, 9.17) is 0 Å². The molecular formula is C13H25N3O2. The summed E-state index contributed by atoms with van der Waals surface area (Å²) >= 11 is 0. The van der Waals surface area contributed by atoms with Gasteiger partial charge in [-0.3, -0.25) is 9.59 Å². The van der Waals surface area contributed by atoms with Crippen molar-refractivity contribution >= 4 is 11.8 Å². The monoisotopic (exact) mass is 255 g/mol. The van der Waals surface area contributed by atoms with Gasteiger partial charge in [-0.25, -0.2) is 0 Å². The molecule has 0 aromatic heterocycles. The maximum Gasteiger partial charge on any atom is 0.239 e. The SMILES string of the molecule is CCNC(=O)CN(CC)C(=O)C1(C)CCNCC1. The van der Waals surface area contributed by atoms with Crippen molar-refractivity contribution in [1.82, 2.24) is 15.5 Å². The molecule has 18 heavy (non-hydrogen) atoms. The van der Waals surface area contributed by atoms with Crippen LogP contribution in [0, 0.1) is 5.41 Å². The maximum atomic E-state index is 12.5. The third-order valence-corrected chi connectivity index (χ3v) is 3.60. The second kappa shape index (κ2) is 6.73. The quantitative estimate of drug-likeness (QED) is 0.746. The maximum absolute atomic E-state index is 12.5. The summed E-state index contributed by atoms with van der Waals surface area (Å²) in [6.07, 6.45) is 1.69. The van der Waals surface area contributed by atoms with Crippen LogP contribution in [0.1, 0.15) is 33.6 Å². The highest BCUT2D eigenvalue weighted by atomic mass is 16.2. The second-order valence-electron chi connectivity index (χ2n) is 5.08. The van der Waals surface area contributed by atoms with Gasteiger partial charge in [-0.2, -0.15) is 0 Å². The Hall–Kier alpha value is -1.10. The Labute approximate surface area is 109 Å². The predicted molar refractivity (Wildman–Crippen MR) is 71.1 cm³/mol. The summed E-state index contributed by atoms with van der Waals surface area (Å²) in [6, 6.07) is 0. The lowest BCUT2D eigenvalue weighted by atomic mass is 9.79. The number of hydrogen-bond donors (Lipinski definition) is 2. The van der Waals surface area contributed by atoms with Crippen LogP contribution in [-0.2, 0) is 9.59 Å². The van der Waals surface area contributed by atoms with E-state index in [1.54, 1.807) is 4.90 Å². The van der Waals surface area contributed by atoms with Crippen LogP contribution in [0.5, 0.6) is 0 Å². The molecule has 2 N–H and O–H groups in total. The van der Waals surface area contributed by atoms with E-state index in [1.165, 1.54) is 0 Å². The summed E-state index contributed by atoms with van der Waals surface area (Å²) in [7, 11) is 0. The van der Waals surface area contributed by atoms with Gasteiger partial charge >= 0.3 is 0 Å². The number of likely N-dealkylation sites (N-methyl/N-ethyl adjacent to an activating group) is 2. The van der Waals surface area contributed by atoms with Gasteiger partial charge in [0.1, 0.15) is 0 Å². The first kappa shape index (κ1) is 15.0. The van der Waals surface area contributed by atoms with Gasteiger partial charge in [-0.1, -0.05) is 6.92 Å². The first-order chi connectivity index (χ1) is 8.53. The van der Waals surface area contributed by atoms with Gasteiger partial charge in [0.2, 0.25) is 11.8 Å². The lowest BCUT2D eigenvalue weighted by Crippen LogP contribution is -2.50. The number of piperidine rings is 1. The highest BCUT2D eigenvalue weighted by Crippen LogP contribution is 2.30. The molecule has 1 aliphatic heterocycles. The Kier molecular flexibility index (Phi) is 5.59. The van der Waals surface area contributed by atoms with Gasteiger partial charge in [-0.05, 0) is 39.8 Å². The highest BCUT2D eigenvalue weighted by Gasteiger charge is 2.37. The highest BCUT2D eigenvalue weighted by molar-refractivity contribution is 5.87. The molecule has 0 aromatic carbocycles. The van der Waals surface area contributed by atoms with Gasteiger partial charge in [0.15, 0.2) is 0 Å². The summed E-state index contributed by atoms with van der Waals surface area (Å²) < 4.78 is 0. The van der Waals surface area contributed by atoms with Gasteiger partial charge in [0.05, 0.1) is 6.54 Å². The fraction of sp³-hybridized carbons (Fsp3) is 0.846. The molecule has 0 aromatic rings. The fourth-order valence-corrected chi connectivity index (χ4v) is 2.33. The number of rotatable bonds is 5. The summed E-state index contributed by atoms with van der Waals surface area (Å²) in [5.74, 6) is 0.0305. The zero-order chi connectivity index (χ0) is 13.6. The minimum atomic E-state index is -0.312. The molecule has 0 atom stereocenters. The van der Waals surface area contributed by atoms with Crippen molar-refractivity contribution in [2.45, 2.75) is 33.6 Å². The van der Waals surface area contributed by atoms with Crippen molar-refractivity contribution < 1.29 is 9.59 Å². The lowest BCUT2D eigenvalue weighted by molar-refractivity contribution is -0.145. The number of amides is 2. The van der Waals surface area contributed by atoms with E-state index in [2.05, 4.69) is 10.6 Å². The van der Waals surface area contributed by atoms with Gasteiger partial charge in [0.25, 0.3) is 0 Å². The normalized spacial score (nSPS) is 18.2. The third-order valence-electron chi connectivity index (χ3n) is 3.60. The van der Waals surface area contributed by atoms with Crippen LogP contribution in [0.4, 0.5) is 0 Å². The predicted octanol–water partition coefficient (Wildman–Crippen LogP) is 0.361. The molecule has 1 fully saturated rings. The van der Waals surface area contributed by atoms with Crippen molar-refractivity contribution in [3.05, 3.63) is 0 Å². The molecule has 5 heteroatoms. The topological polar surface area (TPSA) is 61.4 Å². The molecular weight excluding hydrogens is 230 g/mol. The molecule has 0 unspecified atom stereocenters. The fourth-order valence-electron chi connectivity index (χ4n) is 2.33. The summed E-state index contributed by atoms with van der Waals surface area (Å²) in [4.78, 5) is 25.8. The zero-order valence-corrected chi connectivity index (χ0v) is 11.7. The number of nitrogens with one attached hydrogen (secondary N) is 2. The Morgan fingerprint density at radius 1 is 1.28 bits per heavy atom. The molecule has 1 aliphatic rings.